The zero-order chi connectivity index (χ0) is 27.9. The fraction of sp³-hybridized carbons (Fsp3) is 0.0741. The molecule has 0 spiro atoms. The van der Waals surface area contributed by atoms with Crippen molar-refractivity contribution in [3.63, 3.8) is 0 Å². The van der Waals surface area contributed by atoms with Crippen LogP contribution in [0.15, 0.2) is 102 Å². The van der Waals surface area contributed by atoms with Gasteiger partial charge in [-0.25, -0.2) is 9.37 Å². The topological polar surface area (TPSA) is 116 Å². The van der Waals surface area contributed by atoms with E-state index in [1.165, 1.54) is 35.9 Å². The van der Waals surface area contributed by atoms with Gasteiger partial charge in [0.15, 0.2) is 11.4 Å². The third kappa shape index (κ3) is 6.46. The van der Waals surface area contributed by atoms with Gasteiger partial charge < -0.3 is 15.4 Å². The summed E-state index contributed by atoms with van der Waals surface area (Å²) in [7, 11) is 1.77. The number of aromatic nitrogens is 5. The number of carbonyl (C=O) groups excluding carboxylic acids is 1. The normalized spacial score (nSPS) is 12.1. The third-order valence-corrected chi connectivity index (χ3v) is 5.46. The predicted octanol–water partition coefficient (Wildman–Crippen LogP) is 5.27. The average molecular weight is 548 g/mol. The van der Waals surface area contributed by atoms with Gasteiger partial charge in [0.25, 0.3) is 5.56 Å². The predicted molar refractivity (Wildman–Crippen MR) is 149 cm³/mol. The van der Waals surface area contributed by atoms with Crippen LogP contribution < -0.4 is 20.9 Å². The van der Waals surface area contributed by atoms with Gasteiger partial charge in [0.05, 0.1) is 17.6 Å². The Morgan fingerprint density at radius 2 is 2.03 bits per heavy atom. The second-order valence-corrected chi connectivity index (χ2v) is 8.23. The zero-order valence-electron chi connectivity index (χ0n) is 20.9. The summed E-state index contributed by atoms with van der Waals surface area (Å²) in [4.78, 5) is 34.5. The van der Waals surface area contributed by atoms with E-state index in [-0.39, 0.29) is 23.1 Å². The first-order valence-electron chi connectivity index (χ1n) is 11.5. The number of hydrogen-bond donors (Lipinski definition) is 2. The number of amides is 1. The van der Waals surface area contributed by atoms with Gasteiger partial charge in [0.2, 0.25) is 11.9 Å². The number of carbonyl (C=O) groups is 1. The fourth-order valence-electron chi connectivity index (χ4n) is 3.45. The molecule has 0 aliphatic heterocycles. The number of nitrogens with zero attached hydrogens (tertiary/aromatic N) is 5. The molecule has 0 fully saturated rings. The zero-order valence-corrected chi connectivity index (χ0v) is 21.7. The number of rotatable bonds is 9. The van der Waals surface area contributed by atoms with Crippen LogP contribution in [-0.2, 0) is 11.8 Å². The maximum atomic E-state index is 13.8. The maximum Gasteiger partial charge on any atom is 0.299 e. The van der Waals surface area contributed by atoms with Crippen LogP contribution in [0, 0.1) is 0 Å². The summed E-state index contributed by atoms with van der Waals surface area (Å²) in [5, 5.41) is 10.3. The van der Waals surface area contributed by atoms with Crippen molar-refractivity contribution in [1.29, 1.82) is 0 Å². The van der Waals surface area contributed by atoms with Crippen molar-refractivity contribution < 1.29 is 13.9 Å². The van der Waals surface area contributed by atoms with Crippen LogP contribution >= 0.6 is 11.6 Å². The highest BCUT2D eigenvalue weighted by atomic mass is 35.5. The molecule has 10 nitrogen and oxygen atoms in total. The number of allylic oxidation sites excluding steroid dienone is 4. The average Bonchev–Trinajstić information content (AvgIpc) is 3.35. The first kappa shape index (κ1) is 27.0. The molecule has 0 bridgehead atoms. The van der Waals surface area contributed by atoms with Crippen molar-refractivity contribution in [3.05, 3.63) is 107 Å². The van der Waals surface area contributed by atoms with Crippen molar-refractivity contribution in [2.75, 3.05) is 10.6 Å². The Bertz CT molecular complexity index is 1710. The molecule has 0 saturated carbocycles. The third-order valence-electron chi connectivity index (χ3n) is 5.24. The van der Waals surface area contributed by atoms with Crippen molar-refractivity contribution in [2.24, 2.45) is 7.05 Å². The number of ether oxygens (including phenoxy) is 1. The van der Waals surface area contributed by atoms with E-state index in [9.17, 15) is 14.0 Å². The second kappa shape index (κ2) is 12.0. The van der Waals surface area contributed by atoms with Crippen molar-refractivity contribution in [1.82, 2.24) is 24.3 Å². The quantitative estimate of drug-likeness (QED) is 0.166. The van der Waals surface area contributed by atoms with E-state index in [0.29, 0.717) is 22.4 Å². The highest BCUT2D eigenvalue weighted by Gasteiger charge is 2.16. The number of aryl methyl sites for hydroxylation is 1. The van der Waals surface area contributed by atoms with E-state index in [2.05, 4.69) is 32.3 Å². The molecule has 0 unspecified atom stereocenters. The van der Waals surface area contributed by atoms with Crippen molar-refractivity contribution >= 4 is 45.9 Å². The molecular weight excluding hydrogens is 525 g/mol. The van der Waals surface area contributed by atoms with Crippen molar-refractivity contribution in [2.45, 2.75) is 6.92 Å². The molecule has 4 aromatic rings. The molecular formula is C27H23ClFN7O3. The Morgan fingerprint density at radius 1 is 1.21 bits per heavy atom. The number of benzene rings is 1. The standard InChI is InChI=1S/C27H23ClFN7O3/c1-4-18(29)9-10-22(13-28)39-23-11-17-14-30-27(33-20-15-31-35(3)16-20)34-25(17)36(26(23)38)21-8-6-7-19(12-21)32-24(37)5-2/h4-16H,2H2,1,3H3,(H,32,37)(H,30,33,34)/b10-9-,18-4+,22-13-. The van der Waals surface area contributed by atoms with Crippen LogP contribution in [0.5, 0.6) is 5.75 Å². The number of hydrogen-bond acceptors (Lipinski definition) is 7. The Morgan fingerprint density at radius 3 is 2.72 bits per heavy atom. The van der Waals surface area contributed by atoms with Gasteiger partial charge in [-0.3, -0.25) is 18.8 Å². The van der Waals surface area contributed by atoms with E-state index in [0.717, 1.165) is 17.7 Å². The Hall–Kier alpha value is -5.03. The highest BCUT2D eigenvalue weighted by molar-refractivity contribution is 6.25. The number of fused-ring (bicyclic) bond motifs is 1. The lowest BCUT2D eigenvalue weighted by molar-refractivity contribution is -0.111. The Labute approximate surface area is 227 Å². The molecule has 0 aliphatic carbocycles. The van der Waals surface area contributed by atoms with Crippen molar-refractivity contribution in [3.8, 4) is 11.4 Å². The van der Waals surface area contributed by atoms with Crippen LogP contribution in [0.1, 0.15) is 6.92 Å². The molecule has 0 aliphatic rings. The molecule has 1 amide bonds. The van der Waals surface area contributed by atoms with Crippen LogP contribution in [0.25, 0.3) is 16.7 Å². The van der Waals surface area contributed by atoms with Gasteiger partial charge >= 0.3 is 0 Å². The highest BCUT2D eigenvalue weighted by Crippen LogP contribution is 2.24. The van der Waals surface area contributed by atoms with Crippen LogP contribution in [0.3, 0.4) is 0 Å². The smallest absolute Gasteiger partial charge is 0.299 e. The summed E-state index contributed by atoms with van der Waals surface area (Å²) >= 11 is 5.88. The molecule has 0 radical (unpaired) electrons. The largest absolute Gasteiger partial charge is 0.451 e. The number of pyridine rings is 1. The van der Waals surface area contributed by atoms with E-state index >= 15 is 0 Å². The summed E-state index contributed by atoms with van der Waals surface area (Å²) in [6.45, 7) is 4.99. The van der Waals surface area contributed by atoms with Gasteiger partial charge in [-0.1, -0.05) is 30.3 Å². The Kier molecular flexibility index (Phi) is 8.32. The maximum absolute atomic E-state index is 13.8. The summed E-state index contributed by atoms with van der Waals surface area (Å²) in [6.07, 6.45) is 9.71. The lowest BCUT2D eigenvalue weighted by Gasteiger charge is -2.15. The summed E-state index contributed by atoms with van der Waals surface area (Å²) in [6, 6.07) is 8.07. The minimum Gasteiger partial charge on any atom is -0.451 e. The Balaban J connectivity index is 1.87. The lowest BCUT2D eigenvalue weighted by Crippen LogP contribution is -2.22. The lowest BCUT2D eigenvalue weighted by atomic mass is 10.2. The molecule has 12 heteroatoms. The molecule has 0 saturated heterocycles. The number of anilines is 3. The summed E-state index contributed by atoms with van der Waals surface area (Å²) in [5.74, 6) is -0.786. The molecule has 2 N–H and O–H groups in total. The van der Waals surface area contributed by atoms with E-state index in [4.69, 9.17) is 16.3 Å². The van der Waals surface area contributed by atoms with E-state index in [1.54, 1.807) is 48.4 Å². The molecule has 3 aromatic heterocycles. The molecule has 39 heavy (non-hydrogen) atoms. The van der Waals surface area contributed by atoms with Crippen LogP contribution in [-0.4, -0.2) is 30.2 Å². The van der Waals surface area contributed by atoms with Crippen LogP contribution in [0.4, 0.5) is 21.7 Å². The second-order valence-electron chi connectivity index (χ2n) is 8.01. The molecule has 3 heterocycles. The van der Waals surface area contributed by atoms with E-state index in [1.807, 2.05) is 0 Å². The van der Waals surface area contributed by atoms with Crippen LogP contribution in [0.2, 0.25) is 0 Å². The number of halogens is 2. The molecule has 0 atom stereocenters. The van der Waals surface area contributed by atoms with Gasteiger partial charge in [-0.15, -0.1) is 0 Å². The van der Waals surface area contributed by atoms with Gasteiger partial charge in [-0.05, 0) is 49.4 Å². The molecule has 4 rings (SSSR count). The summed E-state index contributed by atoms with van der Waals surface area (Å²) < 4.78 is 22.3. The van der Waals surface area contributed by atoms with E-state index < -0.39 is 17.3 Å². The minimum absolute atomic E-state index is 0.0273. The summed E-state index contributed by atoms with van der Waals surface area (Å²) in [5.41, 5.74) is 2.21. The first-order chi connectivity index (χ1) is 18.8. The number of nitrogens with one attached hydrogen (secondary N) is 2. The van der Waals surface area contributed by atoms with Gasteiger partial charge in [0.1, 0.15) is 11.6 Å². The molecule has 198 valence electrons. The first-order valence-corrected chi connectivity index (χ1v) is 12.0. The fourth-order valence-corrected chi connectivity index (χ4v) is 3.57. The monoisotopic (exact) mass is 547 g/mol. The van der Waals surface area contributed by atoms with Gasteiger partial charge in [0, 0.05) is 36.1 Å². The minimum atomic E-state index is -0.586. The molecule has 1 aromatic carbocycles. The SMILES string of the molecule is C=CC(=O)Nc1cccc(-n2c(=O)c(OC(/C=C\C(F)=C/C)=C\Cl)cc3cnc(Nc4cnn(C)c4)nc32)c1. The van der Waals surface area contributed by atoms with Gasteiger partial charge in [-0.2, -0.15) is 10.1 Å².